The van der Waals surface area contributed by atoms with Crippen molar-refractivity contribution < 1.29 is 57.1 Å². The zero-order valence-corrected chi connectivity index (χ0v) is 33.3. The van der Waals surface area contributed by atoms with Crippen molar-refractivity contribution >= 4 is 35.7 Å². The van der Waals surface area contributed by atoms with Crippen molar-refractivity contribution in [1.29, 1.82) is 0 Å². The smallest absolute Gasteiger partial charge is 0.346 e. The predicted octanol–water partition coefficient (Wildman–Crippen LogP) is 4.50. The molecule has 0 aromatic heterocycles. The van der Waals surface area contributed by atoms with Gasteiger partial charge in [0.25, 0.3) is 5.54 Å². The van der Waals surface area contributed by atoms with Crippen LogP contribution in [0.4, 0.5) is 0 Å². The van der Waals surface area contributed by atoms with Crippen LogP contribution in [0.3, 0.4) is 0 Å². The van der Waals surface area contributed by atoms with Crippen LogP contribution in [0.1, 0.15) is 72.4 Å². The van der Waals surface area contributed by atoms with Crippen molar-refractivity contribution in [3.05, 3.63) is 71.8 Å². The fourth-order valence-electron chi connectivity index (χ4n) is 7.27. The molecule has 6 rings (SSSR count). The van der Waals surface area contributed by atoms with Gasteiger partial charge < -0.3 is 38.5 Å². The van der Waals surface area contributed by atoms with Crippen molar-refractivity contribution in [3.63, 3.8) is 0 Å². The van der Waals surface area contributed by atoms with Gasteiger partial charge in [0.05, 0.1) is 44.9 Å². The summed E-state index contributed by atoms with van der Waals surface area (Å²) in [5, 5.41) is 2.57. The molecule has 0 radical (unpaired) electrons. The number of hydrogen-bond donors (Lipinski definition) is 1. The molecule has 304 valence electrons. The Morgan fingerprint density at radius 3 is 1.77 bits per heavy atom. The number of hydrogen-bond acceptors (Lipinski definition) is 13. The van der Waals surface area contributed by atoms with E-state index in [1.165, 1.54) is 0 Å². The third kappa shape index (κ3) is 9.40. The third-order valence-corrected chi connectivity index (χ3v) is 9.84. The lowest BCUT2D eigenvalue weighted by Crippen LogP contribution is -2.58. The van der Waals surface area contributed by atoms with Crippen LogP contribution in [-0.2, 0) is 70.3 Å². The number of nitrogens with zero attached hydrogens (tertiary/aromatic N) is 1. The minimum absolute atomic E-state index is 0.0141. The SMILES string of the molecule is CC(C)(C)OC(=O)[C@]12NC(=O)[C@H](CCOCc3ccccc3)[C@H]1COC2=O.CCOC1=N[C@]2(C(=O)OC(C)(C)C)C(=O)OC[C@@H]2[C@H]1CCOCc1ccccc1. The van der Waals surface area contributed by atoms with Gasteiger partial charge in [-0.3, -0.25) is 4.79 Å². The average Bonchev–Trinajstić information content (AvgIpc) is 3.83. The van der Waals surface area contributed by atoms with Gasteiger partial charge >= 0.3 is 23.9 Å². The van der Waals surface area contributed by atoms with Crippen molar-refractivity contribution in [3.8, 4) is 0 Å². The topological polar surface area (TPSA) is 174 Å². The number of carbonyl (C=O) groups excluding carboxylic acids is 5. The third-order valence-electron chi connectivity index (χ3n) is 9.84. The molecular weight excluding hydrogens is 724 g/mol. The van der Waals surface area contributed by atoms with Gasteiger partial charge in [-0.25, -0.2) is 24.2 Å². The molecule has 4 heterocycles. The molecule has 14 heteroatoms. The monoisotopic (exact) mass is 778 g/mol. The second-order valence-electron chi connectivity index (χ2n) is 16.2. The second kappa shape index (κ2) is 17.5. The van der Waals surface area contributed by atoms with E-state index in [-0.39, 0.29) is 25.0 Å². The number of aliphatic imine (C=N–C) groups is 1. The van der Waals surface area contributed by atoms with Crippen LogP contribution in [0.15, 0.2) is 65.7 Å². The molecule has 2 aromatic rings. The maximum absolute atomic E-state index is 13.0. The molecule has 1 N–H and O–H groups in total. The van der Waals surface area contributed by atoms with E-state index in [1.807, 2.05) is 67.6 Å². The van der Waals surface area contributed by atoms with Crippen LogP contribution in [0.5, 0.6) is 0 Å². The maximum atomic E-state index is 13.0. The summed E-state index contributed by atoms with van der Waals surface area (Å²) in [6.07, 6.45) is 0.960. The summed E-state index contributed by atoms with van der Waals surface area (Å²) in [4.78, 5) is 67.6. The van der Waals surface area contributed by atoms with Gasteiger partial charge in [0, 0.05) is 25.0 Å². The number of cyclic esters (lactones) is 2. The van der Waals surface area contributed by atoms with E-state index in [0.717, 1.165) is 11.1 Å². The lowest BCUT2D eigenvalue weighted by molar-refractivity contribution is -0.170. The minimum Gasteiger partial charge on any atom is -0.481 e. The Balaban J connectivity index is 0.000000215. The molecule has 0 unspecified atom stereocenters. The molecule has 3 fully saturated rings. The van der Waals surface area contributed by atoms with Crippen LogP contribution in [0.2, 0.25) is 0 Å². The second-order valence-corrected chi connectivity index (χ2v) is 16.2. The first-order valence-corrected chi connectivity index (χ1v) is 19.1. The first-order valence-electron chi connectivity index (χ1n) is 19.1. The fraction of sp³-hybridized carbons (Fsp3) is 0.571. The van der Waals surface area contributed by atoms with Gasteiger partial charge in [-0.2, -0.15) is 0 Å². The number of nitrogens with one attached hydrogen (secondary N) is 1. The highest BCUT2D eigenvalue weighted by Gasteiger charge is 2.69. The van der Waals surface area contributed by atoms with Gasteiger partial charge in [-0.05, 0) is 72.4 Å². The summed E-state index contributed by atoms with van der Waals surface area (Å²) in [5.74, 6) is -4.62. The molecule has 0 bridgehead atoms. The number of benzene rings is 2. The molecule has 0 aliphatic carbocycles. The Labute approximate surface area is 327 Å². The van der Waals surface area contributed by atoms with E-state index in [2.05, 4.69) is 10.3 Å². The normalized spacial score (nSPS) is 26.5. The van der Waals surface area contributed by atoms with Gasteiger partial charge in [0.15, 0.2) is 5.90 Å². The number of rotatable bonds is 13. The lowest BCUT2D eigenvalue weighted by atomic mass is 9.79. The molecule has 2 aromatic carbocycles. The standard InChI is InChI=1S/C22H29NO6.C20H25NO6/c1-5-27-18-16(11-12-26-13-15-9-7-6-8-10-15)17-14-28-19(24)22(17,23-18)20(25)29-21(2,3)4;1-19(2,3)27-18(24)20-15(12-26-17(20)23)14(16(22)21-20)9-10-25-11-13-7-5-4-6-8-13/h6-10,16-17H,5,11-14H2,1-4H3;4-8,14-15H,9-12H2,1-3H3,(H,21,22)/t16-,17-,22+;14-,15-,20+/m11/s1. The lowest BCUT2D eigenvalue weighted by Gasteiger charge is -2.28. The van der Waals surface area contributed by atoms with Gasteiger partial charge in [0.2, 0.25) is 11.4 Å². The highest BCUT2D eigenvalue weighted by Crippen LogP contribution is 2.46. The first-order chi connectivity index (χ1) is 26.5. The molecule has 6 atom stereocenters. The maximum Gasteiger partial charge on any atom is 0.346 e. The van der Waals surface area contributed by atoms with Crippen LogP contribution < -0.4 is 5.32 Å². The largest absolute Gasteiger partial charge is 0.481 e. The molecule has 3 saturated heterocycles. The van der Waals surface area contributed by atoms with Crippen LogP contribution in [0, 0.1) is 23.7 Å². The summed E-state index contributed by atoms with van der Waals surface area (Å²) >= 11 is 0. The summed E-state index contributed by atoms with van der Waals surface area (Å²) in [5.41, 5.74) is -2.81. The molecule has 4 aliphatic heterocycles. The number of amides is 1. The molecule has 56 heavy (non-hydrogen) atoms. The Hall–Kier alpha value is -4.82. The first kappa shape index (κ1) is 42.3. The molecule has 0 saturated carbocycles. The zero-order chi connectivity index (χ0) is 40.7. The Morgan fingerprint density at radius 2 is 1.23 bits per heavy atom. The van der Waals surface area contributed by atoms with E-state index in [9.17, 15) is 24.0 Å². The van der Waals surface area contributed by atoms with E-state index < -0.39 is 63.9 Å². The van der Waals surface area contributed by atoms with Gasteiger partial charge in [-0.1, -0.05) is 60.7 Å². The number of ether oxygens (including phenoxy) is 7. The summed E-state index contributed by atoms with van der Waals surface area (Å²) in [6, 6.07) is 19.6. The van der Waals surface area contributed by atoms with E-state index in [0.29, 0.717) is 51.8 Å². The molecule has 4 aliphatic rings. The quantitative estimate of drug-likeness (QED) is 0.131. The van der Waals surface area contributed by atoms with Crippen molar-refractivity contribution in [2.75, 3.05) is 33.0 Å². The molecular formula is C42H54N2O12. The van der Waals surface area contributed by atoms with E-state index in [4.69, 9.17) is 33.2 Å². The molecule has 0 spiro atoms. The number of carbonyl (C=O) groups is 5. The predicted molar refractivity (Wildman–Crippen MR) is 202 cm³/mol. The van der Waals surface area contributed by atoms with Crippen molar-refractivity contribution in [2.45, 2.75) is 96.8 Å². The summed E-state index contributed by atoms with van der Waals surface area (Å²) in [7, 11) is 0. The van der Waals surface area contributed by atoms with Crippen LogP contribution in [-0.4, -0.2) is 91.0 Å². The van der Waals surface area contributed by atoms with Gasteiger partial charge in [0.1, 0.15) is 11.2 Å². The summed E-state index contributed by atoms with van der Waals surface area (Å²) < 4.78 is 38.4. The van der Waals surface area contributed by atoms with Crippen LogP contribution in [0.25, 0.3) is 0 Å². The van der Waals surface area contributed by atoms with Crippen LogP contribution >= 0.6 is 0 Å². The minimum atomic E-state index is -1.74. The fourth-order valence-corrected chi connectivity index (χ4v) is 7.27. The van der Waals surface area contributed by atoms with Gasteiger partial charge in [-0.15, -0.1) is 0 Å². The highest BCUT2D eigenvalue weighted by atomic mass is 16.6. The molecule has 14 nitrogen and oxygen atoms in total. The number of esters is 4. The van der Waals surface area contributed by atoms with Crippen molar-refractivity contribution in [1.82, 2.24) is 5.32 Å². The highest BCUT2D eigenvalue weighted by molar-refractivity contribution is 6.13. The Bertz CT molecular complexity index is 1750. The molecule has 1 amide bonds. The number of fused-ring (bicyclic) bond motifs is 2. The van der Waals surface area contributed by atoms with E-state index in [1.54, 1.807) is 41.5 Å². The Morgan fingerprint density at radius 1 is 0.732 bits per heavy atom. The average molecular weight is 779 g/mol. The summed E-state index contributed by atoms with van der Waals surface area (Å²) in [6.45, 7) is 14.5. The van der Waals surface area contributed by atoms with E-state index >= 15 is 0 Å². The Kier molecular flexibility index (Phi) is 13.3. The van der Waals surface area contributed by atoms with Crippen molar-refractivity contribution in [2.24, 2.45) is 28.7 Å². The zero-order valence-electron chi connectivity index (χ0n) is 33.3.